The van der Waals surface area contributed by atoms with Crippen molar-refractivity contribution < 1.29 is 9.53 Å². The van der Waals surface area contributed by atoms with Gasteiger partial charge in [0.1, 0.15) is 0 Å². The Kier molecular flexibility index (Phi) is 3.60. The van der Waals surface area contributed by atoms with E-state index in [9.17, 15) is 4.79 Å². The summed E-state index contributed by atoms with van der Waals surface area (Å²) in [5.74, 6) is 0.142. The van der Waals surface area contributed by atoms with E-state index in [0.29, 0.717) is 13.2 Å². The second-order valence-electron chi connectivity index (χ2n) is 4.72. The Hall–Kier alpha value is -1.19. The molecule has 2 rings (SSSR count). The Morgan fingerprint density at radius 1 is 1.35 bits per heavy atom. The maximum absolute atomic E-state index is 12.5. The largest absolute Gasteiger partial charge is 0.379 e. The Morgan fingerprint density at radius 2 is 2.12 bits per heavy atom. The van der Waals surface area contributed by atoms with Crippen molar-refractivity contribution in [2.75, 3.05) is 20.3 Å². The summed E-state index contributed by atoms with van der Waals surface area (Å²) in [4.78, 5) is 12.5. The average Bonchev–Trinajstić information content (AvgIpc) is 2.79. The lowest BCUT2D eigenvalue weighted by molar-refractivity contribution is 0.0891. The molecule has 1 aromatic rings. The quantitative estimate of drug-likeness (QED) is 0.808. The third-order valence-electron chi connectivity index (χ3n) is 3.45. The van der Waals surface area contributed by atoms with E-state index in [1.807, 2.05) is 39.1 Å². The third kappa shape index (κ3) is 2.40. The van der Waals surface area contributed by atoms with Gasteiger partial charge >= 0.3 is 0 Å². The van der Waals surface area contributed by atoms with E-state index in [1.54, 1.807) is 0 Å². The fourth-order valence-corrected chi connectivity index (χ4v) is 2.30. The molecule has 0 aromatic heterocycles. The predicted octanol–water partition coefficient (Wildman–Crippen LogP) is 1.72. The van der Waals surface area contributed by atoms with Crippen LogP contribution in [0.25, 0.3) is 0 Å². The molecule has 1 aliphatic heterocycles. The van der Waals surface area contributed by atoms with Crippen molar-refractivity contribution in [3.05, 3.63) is 34.9 Å². The number of hydrogen-bond donors (Lipinski definition) is 1. The molecular formula is C14H19NO2. The van der Waals surface area contributed by atoms with Crippen LogP contribution in [0.5, 0.6) is 0 Å². The van der Waals surface area contributed by atoms with Crippen LogP contribution in [0.3, 0.4) is 0 Å². The molecule has 92 valence electrons. The molecule has 1 aromatic carbocycles. The fourth-order valence-electron chi connectivity index (χ4n) is 2.30. The van der Waals surface area contributed by atoms with Crippen LogP contribution < -0.4 is 5.32 Å². The Balaban J connectivity index is 2.27. The molecule has 2 unspecified atom stereocenters. The zero-order valence-electron chi connectivity index (χ0n) is 10.6. The summed E-state index contributed by atoms with van der Waals surface area (Å²) in [6, 6.07) is 6.16. The lowest BCUT2D eigenvalue weighted by Crippen LogP contribution is -2.37. The highest BCUT2D eigenvalue weighted by Crippen LogP contribution is 2.21. The van der Waals surface area contributed by atoms with Crippen molar-refractivity contribution in [2.45, 2.75) is 19.9 Å². The van der Waals surface area contributed by atoms with Crippen LogP contribution in [0.15, 0.2) is 18.2 Å². The fraction of sp³-hybridized carbons (Fsp3) is 0.500. The third-order valence-corrected chi connectivity index (χ3v) is 3.45. The minimum atomic E-state index is -0.0551. The predicted molar refractivity (Wildman–Crippen MR) is 67.4 cm³/mol. The van der Waals surface area contributed by atoms with Gasteiger partial charge < -0.3 is 10.1 Å². The molecule has 3 heteroatoms. The molecule has 3 nitrogen and oxygen atoms in total. The highest BCUT2D eigenvalue weighted by molar-refractivity contribution is 6.00. The van der Waals surface area contributed by atoms with Crippen LogP contribution in [-0.4, -0.2) is 32.1 Å². The number of rotatable bonds is 3. The average molecular weight is 233 g/mol. The number of ketones is 1. The first-order valence-corrected chi connectivity index (χ1v) is 6.00. The molecule has 2 atom stereocenters. The Morgan fingerprint density at radius 3 is 2.82 bits per heavy atom. The van der Waals surface area contributed by atoms with E-state index in [-0.39, 0.29) is 17.7 Å². The van der Waals surface area contributed by atoms with Gasteiger partial charge in [-0.1, -0.05) is 17.7 Å². The smallest absolute Gasteiger partial charge is 0.170 e. The molecule has 17 heavy (non-hydrogen) atoms. The minimum absolute atomic E-state index is 0.0551. The molecule has 1 saturated heterocycles. The van der Waals surface area contributed by atoms with Gasteiger partial charge in [-0.25, -0.2) is 0 Å². The molecule has 1 aliphatic rings. The van der Waals surface area contributed by atoms with Crippen molar-refractivity contribution in [1.82, 2.24) is 5.32 Å². The molecule has 1 heterocycles. The lowest BCUT2D eigenvalue weighted by atomic mass is 9.90. The van der Waals surface area contributed by atoms with E-state index in [4.69, 9.17) is 4.74 Å². The van der Waals surface area contributed by atoms with Gasteiger partial charge in [-0.2, -0.15) is 0 Å². The minimum Gasteiger partial charge on any atom is -0.379 e. The maximum Gasteiger partial charge on any atom is 0.170 e. The van der Waals surface area contributed by atoms with Crippen molar-refractivity contribution in [3.8, 4) is 0 Å². The van der Waals surface area contributed by atoms with E-state index in [2.05, 4.69) is 5.32 Å². The standard InChI is InChI=1S/C14H19NO2/c1-9-4-5-10(2)11(6-9)14(16)12-7-17-8-13(12)15-3/h4-6,12-13,15H,7-8H2,1-3H3. The van der Waals surface area contributed by atoms with Crippen LogP contribution in [0, 0.1) is 19.8 Å². The van der Waals surface area contributed by atoms with E-state index in [1.165, 1.54) is 0 Å². The summed E-state index contributed by atoms with van der Waals surface area (Å²) in [6.07, 6.45) is 0. The number of ether oxygens (including phenoxy) is 1. The normalized spacial score (nSPS) is 23.9. The molecule has 0 radical (unpaired) electrons. The van der Waals surface area contributed by atoms with Gasteiger partial charge in [0, 0.05) is 11.6 Å². The number of carbonyl (C=O) groups excluding carboxylic acids is 1. The lowest BCUT2D eigenvalue weighted by Gasteiger charge is -2.17. The number of benzene rings is 1. The number of carbonyl (C=O) groups is 1. The van der Waals surface area contributed by atoms with Crippen LogP contribution in [0.1, 0.15) is 21.5 Å². The summed E-state index contributed by atoms with van der Waals surface area (Å²) in [5, 5.41) is 3.15. The second kappa shape index (κ2) is 4.98. The van der Waals surface area contributed by atoms with Crippen molar-refractivity contribution in [2.24, 2.45) is 5.92 Å². The van der Waals surface area contributed by atoms with Crippen LogP contribution >= 0.6 is 0 Å². The van der Waals surface area contributed by atoms with Gasteiger partial charge in [0.2, 0.25) is 0 Å². The van der Waals surface area contributed by atoms with Gasteiger partial charge in [0.25, 0.3) is 0 Å². The number of likely N-dealkylation sites (N-methyl/N-ethyl adjacent to an activating group) is 1. The van der Waals surface area contributed by atoms with Crippen molar-refractivity contribution >= 4 is 5.78 Å². The van der Waals surface area contributed by atoms with E-state index >= 15 is 0 Å². The highest BCUT2D eigenvalue weighted by atomic mass is 16.5. The van der Waals surface area contributed by atoms with Crippen LogP contribution in [-0.2, 0) is 4.74 Å². The zero-order valence-corrected chi connectivity index (χ0v) is 10.6. The summed E-state index contributed by atoms with van der Waals surface area (Å²) in [5.41, 5.74) is 3.00. The molecule has 0 spiro atoms. The van der Waals surface area contributed by atoms with Gasteiger partial charge in [-0.3, -0.25) is 4.79 Å². The summed E-state index contributed by atoms with van der Waals surface area (Å²) in [7, 11) is 1.88. The van der Waals surface area contributed by atoms with Gasteiger partial charge in [-0.05, 0) is 32.5 Å². The number of aryl methyl sites for hydroxylation is 2. The molecule has 0 bridgehead atoms. The monoisotopic (exact) mass is 233 g/mol. The molecule has 0 amide bonds. The number of hydrogen-bond acceptors (Lipinski definition) is 3. The van der Waals surface area contributed by atoms with Gasteiger partial charge in [-0.15, -0.1) is 0 Å². The first kappa shape index (κ1) is 12.3. The molecule has 1 N–H and O–H groups in total. The molecular weight excluding hydrogens is 214 g/mol. The highest BCUT2D eigenvalue weighted by Gasteiger charge is 2.33. The topological polar surface area (TPSA) is 38.3 Å². The van der Waals surface area contributed by atoms with E-state index < -0.39 is 0 Å². The summed E-state index contributed by atoms with van der Waals surface area (Å²) >= 11 is 0. The van der Waals surface area contributed by atoms with Crippen molar-refractivity contribution in [1.29, 1.82) is 0 Å². The zero-order chi connectivity index (χ0) is 12.4. The molecule has 0 aliphatic carbocycles. The van der Waals surface area contributed by atoms with E-state index in [0.717, 1.165) is 16.7 Å². The van der Waals surface area contributed by atoms with Crippen molar-refractivity contribution in [3.63, 3.8) is 0 Å². The van der Waals surface area contributed by atoms with Crippen LogP contribution in [0.2, 0.25) is 0 Å². The molecule has 1 fully saturated rings. The maximum atomic E-state index is 12.5. The SMILES string of the molecule is CNC1COCC1C(=O)c1cc(C)ccc1C. The number of nitrogens with one attached hydrogen (secondary N) is 1. The summed E-state index contributed by atoms with van der Waals surface area (Å²) in [6.45, 7) is 5.14. The van der Waals surface area contributed by atoms with Crippen LogP contribution in [0.4, 0.5) is 0 Å². The Labute approximate surface area is 102 Å². The van der Waals surface area contributed by atoms with Gasteiger partial charge in [0.15, 0.2) is 5.78 Å². The van der Waals surface area contributed by atoms with Gasteiger partial charge in [0.05, 0.1) is 19.1 Å². The number of Topliss-reactive ketones (excluding diaryl/α,β-unsaturated/α-hetero) is 1. The molecule has 0 saturated carbocycles. The summed E-state index contributed by atoms with van der Waals surface area (Å²) < 4.78 is 5.39. The first-order valence-electron chi connectivity index (χ1n) is 6.00. The second-order valence-corrected chi connectivity index (χ2v) is 4.72. The Bertz CT molecular complexity index is 428. The first-order chi connectivity index (χ1) is 8.13.